The second-order valence-corrected chi connectivity index (χ2v) is 6.19. The van der Waals surface area contributed by atoms with Crippen LogP contribution in [0.1, 0.15) is 71.6 Å². The van der Waals surface area contributed by atoms with Gasteiger partial charge in [0.25, 0.3) is 0 Å². The minimum Gasteiger partial charge on any atom is -0.0625 e. The average Bonchev–Trinajstić information content (AvgIpc) is 2.19. The Morgan fingerprint density at radius 2 is 1.64 bits per heavy atom. The Balaban J connectivity index is 1.98. The van der Waals surface area contributed by atoms with E-state index in [9.17, 15) is 0 Å². The predicted octanol–water partition coefficient (Wildman–Crippen LogP) is 4.78. The Labute approximate surface area is 89.5 Å². The molecule has 0 spiro atoms. The number of rotatable bonds is 1. The van der Waals surface area contributed by atoms with Gasteiger partial charge in [-0.25, -0.2) is 0 Å². The van der Waals surface area contributed by atoms with E-state index in [1.165, 1.54) is 57.8 Å². The molecule has 0 aliphatic heterocycles. The van der Waals surface area contributed by atoms with Crippen LogP contribution in [0.2, 0.25) is 0 Å². The van der Waals surface area contributed by atoms with Gasteiger partial charge in [-0.3, -0.25) is 0 Å². The zero-order valence-corrected chi connectivity index (χ0v) is 10.0. The van der Waals surface area contributed by atoms with Crippen molar-refractivity contribution in [3.05, 3.63) is 0 Å². The van der Waals surface area contributed by atoms with Gasteiger partial charge in [-0.2, -0.15) is 0 Å². The fraction of sp³-hybridized carbons (Fsp3) is 1.00. The molecular formula is C14H26. The molecule has 0 heterocycles. The Morgan fingerprint density at radius 3 is 2.29 bits per heavy atom. The van der Waals surface area contributed by atoms with E-state index in [-0.39, 0.29) is 0 Å². The molecule has 0 radical (unpaired) electrons. The van der Waals surface area contributed by atoms with Crippen molar-refractivity contribution in [2.45, 2.75) is 71.6 Å². The van der Waals surface area contributed by atoms with Crippen LogP contribution in [0, 0.1) is 17.3 Å². The van der Waals surface area contributed by atoms with Crippen LogP contribution in [0.25, 0.3) is 0 Å². The molecule has 2 aliphatic rings. The maximum atomic E-state index is 2.58. The van der Waals surface area contributed by atoms with Gasteiger partial charge in [0.05, 0.1) is 0 Å². The predicted molar refractivity (Wildman–Crippen MR) is 62.3 cm³/mol. The highest BCUT2D eigenvalue weighted by Gasteiger charge is 2.37. The molecule has 2 aliphatic carbocycles. The summed E-state index contributed by atoms with van der Waals surface area (Å²) in [4.78, 5) is 0. The van der Waals surface area contributed by atoms with Crippen LogP contribution >= 0.6 is 0 Å². The third-order valence-corrected chi connectivity index (χ3v) is 4.85. The highest BCUT2D eigenvalue weighted by Crippen LogP contribution is 2.49. The van der Waals surface area contributed by atoms with Crippen molar-refractivity contribution in [2.75, 3.05) is 0 Å². The zero-order chi connectivity index (χ0) is 10.0. The van der Waals surface area contributed by atoms with Crippen molar-refractivity contribution < 1.29 is 0 Å². The largest absolute Gasteiger partial charge is 0.0625 e. The molecule has 2 saturated carbocycles. The van der Waals surface area contributed by atoms with E-state index in [1.54, 1.807) is 0 Å². The normalized spacial score (nSPS) is 41.1. The Hall–Kier alpha value is 0. The minimum atomic E-state index is 0.720. The Bertz CT molecular complexity index is 178. The molecule has 0 bridgehead atoms. The lowest BCUT2D eigenvalue weighted by atomic mass is 9.61. The maximum absolute atomic E-state index is 2.58. The molecule has 0 saturated heterocycles. The van der Waals surface area contributed by atoms with Crippen molar-refractivity contribution in [3.8, 4) is 0 Å². The molecular weight excluding hydrogens is 168 g/mol. The second-order valence-electron chi connectivity index (χ2n) is 6.19. The molecule has 2 unspecified atom stereocenters. The highest BCUT2D eigenvalue weighted by molar-refractivity contribution is 4.88. The van der Waals surface area contributed by atoms with Gasteiger partial charge in [-0.05, 0) is 42.9 Å². The molecule has 0 aromatic carbocycles. The highest BCUT2D eigenvalue weighted by atomic mass is 14.4. The first-order valence-corrected chi connectivity index (χ1v) is 6.71. The first-order chi connectivity index (χ1) is 6.71. The van der Waals surface area contributed by atoms with E-state index in [4.69, 9.17) is 0 Å². The van der Waals surface area contributed by atoms with Gasteiger partial charge < -0.3 is 0 Å². The average molecular weight is 194 g/mol. The summed E-state index contributed by atoms with van der Waals surface area (Å²) in [5, 5.41) is 0. The van der Waals surface area contributed by atoms with E-state index in [1.807, 2.05) is 0 Å². The minimum absolute atomic E-state index is 0.720. The molecule has 2 fully saturated rings. The lowest BCUT2D eigenvalue weighted by Gasteiger charge is -2.45. The van der Waals surface area contributed by atoms with Crippen LogP contribution in [0.5, 0.6) is 0 Å². The Kier molecular flexibility index (Phi) is 3.19. The summed E-state index contributed by atoms with van der Waals surface area (Å²) in [6.45, 7) is 5.04. The van der Waals surface area contributed by atoms with Gasteiger partial charge >= 0.3 is 0 Å². The van der Waals surface area contributed by atoms with Gasteiger partial charge in [0, 0.05) is 0 Å². The lowest BCUT2D eigenvalue weighted by molar-refractivity contribution is 0.0636. The van der Waals surface area contributed by atoms with Gasteiger partial charge in [-0.1, -0.05) is 46.0 Å². The van der Waals surface area contributed by atoms with E-state index in [2.05, 4.69) is 13.8 Å². The maximum Gasteiger partial charge on any atom is -0.0295 e. The molecule has 82 valence electrons. The van der Waals surface area contributed by atoms with Crippen LogP contribution in [0.4, 0.5) is 0 Å². The zero-order valence-electron chi connectivity index (χ0n) is 10.0. The summed E-state index contributed by atoms with van der Waals surface area (Å²) < 4.78 is 0. The van der Waals surface area contributed by atoms with E-state index >= 15 is 0 Å². The Morgan fingerprint density at radius 1 is 0.929 bits per heavy atom. The fourth-order valence-corrected chi connectivity index (χ4v) is 4.02. The van der Waals surface area contributed by atoms with E-state index in [0.717, 1.165) is 17.3 Å². The first-order valence-electron chi connectivity index (χ1n) is 6.71. The molecule has 0 aromatic heterocycles. The van der Waals surface area contributed by atoms with Crippen LogP contribution in [-0.2, 0) is 0 Å². The van der Waals surface area contributed by atoms with Crippen molar-refractivity contribution in [2.24, 2.45) is 17.3 Å². The van der Waals surface area contributed by atoms with Crippen LogP contribution in [0.15, 0.2) is 0 Å². The van der Waals surface area contributed by atoms with Crippen LogP contribution < -0.4 is 0 Å². The fourth-order valence-electron chi connectivity index (χ4n) is 4.02. The van der Waals surface area contributed by atoms with Crippen molar-refractivity contribution in [3.63, 3.8) is 0 Å². The van der Waals surface area contributed by atoms with Crippen molar-refractivity contribution >= 4 is 0 Å². The molecule has 0 amide bonds. The summed E-state index contributed by atoms with van der Waals surface area (Å²) in [6.07, 6.45) is 13.6. The third-order valence-electron chi connectivity index (χ3n) is 4.85. The number of hydrogen-bond acceptors (Lipinski definition) is 0. The summed E-state index contributed by atoms with van der Waals surface area (Å²) in [7, 11) is 0. The first kappa shape index (κ1) is 10.5. The molecule has 0 nitrogen and oxygen atoms in total. The summed E-state index contributed by atoms with van der Waals surface area (Å²) in [5.41, 5.74) is 0.720. The molecule has 0 aromatic rings. The topological polar surface area (TPSA) is 0 Å². The van der Waals surface area contributed by atoms with Gasteiger partial charge in [0.1, 0.15) is 0 Å². The van der Waals surface area contributed by atoms with Crippen molar-refractivity contribution in [1.29, 1.82) is 0 Å². The molecule has 14 heavy (non-hydrogen) atoms. The third kappa shape index (κ3) is 2.15. The van der Waals surface area contributed by atoms with Gasteiger partial charge in [0.15, 0.2) is 0 Å². The van der Waals surface area contributed by atoms with Crippen LogP contribution in [-0.4, -0.2) is 0 Å². The van der Waals surface area contributed by atoms with E-state index in [0.29, 0.717) is 0 Å². The summed E-state index contributed by atoms with van der Waals surface area (Å²) in [6, 6.07) is 0. The molecule has 0 N–H and O–H groups in total. The van der Waals surface area contributed by atoms with Gasteiger partial charge in [-0.15, -0.1) is 0 Å². The number of hydrogen-bond donors (Lipinski definition) is 0. The summed E-state index contributed by atoms with van der Waals surface area (Å²) in [5.74, 6) is 2.06. The lowest BCUT2D eigenvalue weighted by Crippen LogP contribution is -2.33. The smallest absolute Gasteiger partial charge is 0.0295 e. The molecule has 2 atom stereocenters. The van der Waals surface area contributed by atoms with Gasteiger partial charge in [0.2, 0.25) is 0 Å². The molecule has 2 rings (SSSR count). The second kappa shape index (κ2) is 4.24. The monoisotopic (exact) mass is 194 g/mol. The van der Waals surface area contributed by atoms with Crippen LogP contribution in [0.3, 0.4) is 0 Å². The SMILES string of the molecule is CC1CCCC(C)(C2CCCCC2)C1. The van der Waals surface area contributed by atoms with Crippen molar-refractivity contribution in [1.82, 2.24) is 0 Å². The van der Waals surface area contributed by atoms with E-state index < -0.39 is 0 Å². The summed E-state index contributed by atoms with van der Waals surface area (Å²) >= 11 is 0. The standard InChI is InChI=1S/C14H26/c1-12-7-6-10-14(2,11-12)13-8-4-3-5-9-13/h12-13H,3-11H2,1-2H3. The molecule has 0 heteroatoms. The quantitative estimate of drug-likeness (QED) is 0.563.